The van der Waals surface area contributed by atoms with Crippen molar-refractivity contribution in [3.8, 4) is 11.1 Å². The second-order valence-electron chi connectivity index (χ2n) is 8.40. The Hall–Kier alpha value is -1.58. The van der Waals surface area contributed by atoms with Crippen molar-refractivity contribution in [2.45, 2.75) is 65.0 Å². The van der Waals surface area contributed by atoms with Gasteiger partial charge < -0.3 is 9.31 Å². The summed E-state index contributed by atoms with van der Waals surface area (Å²) in [6.07, 6.45) is 1.02. The molecule has 3 heteroatoms. The predicted molar refractivity (Wildman–Crippen MR) is 107 cm³/mol. The highest BCUT2D eigenvalue weighted by molar-refractivity contribution is 6.83. The zero-order valence-corrected chi connectivity index (χ0v) is 16.4. The number of hydrogen-bond donors (Lipinski definition) is 0. The summed E-state index contributed by atoms with van der Waals surface area (Å²) in [6, 6.07) is 19.2. The summed E-state index contributed by atoms with van der Waals surface area (Å²) in [5.74, 6) is 0.323. The van der Waals surface area contributed by atoms with Gasteiger partial charge in [-0.1, -0.05) is 74.9 Å². The van der Waals surface area contributed by atoms with Gasteiger partial charge in [-0.2, -0.15) is 5.46 Å². The molecule has 25 heavy (non-hydrogen) atoms. The van der Waals surface area contributed by atoms with E-state index in [0.29, 0.717) is 5.82 Å². The molecule has 0 aliphatic carbocycles. The molecule has 2 aromatic carbocycles. The summed E-state index contributed by atoms with van der Waals surface area (Å²) in [4.78, 5) is 0. The van der Waals surface area contributed by atoms with Crippen molar-refractivity contribution in [1.82, 2.24) is 0 Å². The van der Waals surface area contributed by atoms with Crippen LogP contribution in [0.1, 0.15) is 48.0 Å². The third-order valence-electron chi connectivity index (χ3n) is 6.26. The highest BCUT2D eigenvalue weighted by atomic mass is 16.7. The lowest BCUT2D eigenvalue weighted by atomic mass is 9.42. The van der Waals surface area contributed by atoms with Gasteiger partial charge in [0.15, 0.2) is 0 Å². The Morgan fingerprint density at radius 3 is 1.76 bits per heavy atom. The van der Waals surface area contributed by atoms with Crippen LogP contribution in [-0.2, 0) is 9.31 Å². The van der Waals surface area contributed by atoms with Crippen LogP contribution in [0.15, 0.2) is 54.6 Å². The molecule has 3 rings (SSSR count). The normalized spacial score (nSPS) is 21.8. The average Bonchev–Trinajstić information content (AvgIpc) is 2.80. The molecule has 0 bridgehead atoms. The molecule has 1 fully saturated rings. The number of benzene rings is 2. The number of rotatable bonds is 4. The maximum atomic E-state index is 6.68. The smallest absolute Gasteiger partial charge is 0.273 e. The molecule has 0 aromatic heterocycles. The van der Waals surface area contributed by atoms with Crippen LogP contribution < -0.4 is 5.46 Å². The van der Waals surface area contributed by atoms with E-state index < -0.39 is 6.55 Å². The molecule has 0 saturated carbocycles. The van der Waals surface area contributed by atoms with E-state index in [1.165, 1.54) is 11.1 Å². The monoisotopic (exact) mass is 337 g/mol. The Kier molecular flexibility index (Phi) is 4.59. The van der Waals surface area contributed by atoms with Crippen molar-refractivity contribution < 1.29 is 9.31 Å². The fourth-order valence-corrected chi connectivity index (χ4v) is 3.76. The van der Waals surface area contributed by atoms with Crippen LogP contribution in [0.4, 0.5) is 0 Å². The Morgan fingerprint density at radius 2 is 1.28 bits per heavy atom. The van der Waals surface area contributed by atoms with E-state index >= 15 is 0 Å². The standard InChI is InChI=1S/C22H30BO2/c1-7-17(2)23(24-21(3,4)22(5,6)25-23)20-15-13-19(14-16-20)18-11-9-8-10-12-18/h8-17H,7H2,1-6H3/q-1. The Morgan fingerprint density at radius 1 is 0.800 bits per heavy atom. The van der Waals surface area contributed by atoms with Gasteiger partial charge in [0, 0.05) is 11.2 Å². The van der Waals surface area contributed by atoms with Gasteiger partial charge in [0.1, 0.15) is 0 Å². The minimum Gasteiger partial charge on any atom is -0.558 e. The van der Waals surface area contributed by atoms with E-state index in [2.05, 4.69) is 90.1 Å². The molecule has 1 atom stereocenters. The van der Waals surface area contributed by atoms with Crippen molar-refractivity contribution in [3.63, 3.8) is 0 Å². The molecule has 0 amide bonds. The first kappa shape index (κ1) is 18.2. The lowest BCUT2D eigenvalue weighted by Crippen LogP contribution is -2.54. The Labute approximate surface area is 152 Å². The SMILES string of the molecule is CCC(C)[B-]1(c2ccc(-c3ccccc3)cc2)OC(C)(C)C(C)(C)O1. The quantitative estimate of drug-likeness (QED) is 0.695. The van der Waals surface area contributed by atoms with Crippen LogP contribution >= 0.6 is 0 Å². The van der Waals surface area contributed by atoms with Gasteiger partial charge in [-0.05, 0) is 38.8 Å². The third kappa shape index (κ3) is 3.05. The summed E-state index contributed by atoms with van der Waals surface area (Å²) < 4.78 is 13.4. The van der Waals surface area contributed by atoms with Gasteiger partial charge in [0.25, 0.3) is 6.55 Å². The Bertz CT molecular complexity index is 703. The molecule has 2 nitrogen and oxygen atoms in total. The van der Waals surface area contributed by atoms with E-state index in [0.717, 1.165) is 11.9 Å². The zero-order valence-electron chi connectivity index (χ0n) is 16.4. The van der Waals surface area contributed by atoms with Gasteiger partial charge in [-0.15, -0.1) is 5.82 Å². The summed E-state index contributed by atoms with van der Waals surface area (Å²) in [7, 11) is 0. The maximum Gasteiger partial charge on any atom is 0.273 e. The van der Waals surface area contributed by atoms with Crippen LogP contribution in [0.25, 0.3) is 11.1 Å². The highest BCUT2D eigenvalue weighted by Gasteiger charge is 2.53. The van der Waals surface area contributed by atoms with Crippen molar-refractivity contribution in [2.24, 2.45) is 0 Å². The van der Waals surface area contributed by atoms with Crippen molar-refractivity contribution >= 4 is 12.0 Å². The van der Waals surface area contributed by atoms with Gasteiger partial charge in [0.05, 0.1) is 0 Å². The van der Waals surface area contributed by atoms with E-state index in [9.17, 15) is 0 Å². The fourth-order valence-electron chi connectivity index (χ4n) is 3.76. The summed E-state index contributed by atoms with van der Waals surface area (Å²) in [5.41, 5.74) is 2.96. The van der Waals surface area contributed by atoms with Crippen LogP contribution in [0.3, 0.4) is 0 Å². The molecule has 0 spiro atoms. The van der Waals surface area contributed by atoms with Gasteiger partial charge in [-0.25, -0.2) is 0 Å². The van der Waals surface area contributed by atoms with E-state index in [-0.39, 0.29) is 11.2 Å². The molecule has 1 aliphatic heterocycles. The van der Waals surface area contributed by atoms with Gasteiger partial charge >= 0.3 is 0 Å². The lowest BCUT2D eigenvalue weighted by Gasteiger charge is -2.43. The van der Waals surface area contributed by atoms with E-state index in [4.69, 9.17) is 9.31 Å². The van der Waals surface area contributed by atoms with Crippen LogP contribution in [0.2, 0.25) is 5.82 Å². The minimum absolute atomic E-state index is 0.323. The van der Waals surface area contributed by atoms with Crippen LogP contribution in [0, 0.1) is 0 Å². The minimum atomic E-state index is -1.51. The predicted octanol–water partition coefficient (Wildman–Crippen LogP) is 5.41. The van der Waals surface area contributed by atoms with Gasteiger partial charge in [0.2, 0.25) is 0 Å². The Balaban J connectivity index is 2.02. The summed E-state index contributed by atoms with van der Waals surface area (Å²) in [6.45, 7) is 11.5. The highest BCUT2D eigenvalue weighted by Crippen LogP contribution is 2.46. The first-order valence-corrected chi connectivity index (χ1v) is 9.43. The molecule has 0 N–H and O–H groups in total. The van der Waals surface area contributed by atoms with Crippen molar-refractivity contribution in [3.05, 3.63) is 54.6 Å². The average molecular weight is 337 g/mol. The van der Waals surface area contributed by atoms with E-state index in [1.807, 2.05) is 6.07 Å². The zero-order chi connectivity index (χ0) is 18.3. The van der Waals surface area contributed by atoms with Crippen molar-refractivity contribution in [1.29, 1.82) is 0 Å². The molecular weight excluding hydrogens is 307 g/mol. The maximum absolute atomic E-state index is 6.68. The van der Waals surface area contributed by atoms with E-state index in [1.54, 1.807) is 0 Å². The molecule has 1 heterocycles. The topological polar surface area (TPSA) is 18.5 Å². The first-order valence-electron chi connectivity index (χ1n) is 9.43. The second-order valence-corrected chi connectivity index (χ2v) is 8.40. The molecule has 2 aromatic rings. The molecule has 1 unspecified atom stereocenters. The largest absolute Gasteiger partial charge is 0.558 e. The van der Waals surface area contributed by atoms with Crippen LogP contribution in [-0.4, -0.2) is 17.8 Å². The first-order chi connectivity index (χ1) is 11.7. The second kappa shape index (κ2) is 6.30. The molecule has 134 valence electrons. The molecule has 0 radical (unpaired) electrons. The summed E-state index contributed by atoms with van der Waals surface area (Å²) >= 11 is 0. The van der Waals surface area contributed by atoms with Crippen molar-refractivity contribution in [2.75, 3.05) is 0 Å². The summed E-state index contributed by atoms with van der Waals surface area (Å²) in [5, 5.41) is 0. The van der Waals surface area contributed by atoms with Gasteiger partial charge in [-0.3, -0.25) is 0 Å². The lowest BCUT2D eigenvalue weighted by molar-refractivity contribution is 0.00578. The fraction of sp³-hybridized carbons (Fsp3) is 0.455. The third-order valence-corrected chi connectivity index (χ3v) is 6.26. The van der Waals surface area contributed by atoms with Crippen LogP contribution in [0.5, 0.6) is 0 Å². The molecule has 1 aliphatic rings. The molecular formula is C22H30BO2-. The number of hydrogen-bond acceptors (Lipinski definition) is 2. The molecule has 1 saturated heterocycles.